The zero-order valence-electron chi connectivity index (χ0n) is 17.7. The Morgan fingerprint density at radius 2 is 1.78 bits per heavy atom. The summed E-state index contributed by atoms with van der Waals surface area (Å²) in [5, 5.41) is 8.89. The number of hydrogen-bond acceptors (Lipinski definition) is 7. The minimum absolute atomic E-state index is 0.0558. The summed E-state index contributed by atoms with van der Waals surface area (Å²) in [5.74, 6) is -1.23. The number of furan rings is 1. The molecule has 2 heterocycles. The van der Waals surface area contributed by atoms with Crippen molar-refractivity contribution in [1.29, 1.82) is 5.26 Å². The maximum absolute atomic E-state index is 13.1. The summed E-state index contributed by atoms with van der Waals surface area (Å²) in [7, 11) is -3.96. The van der Waals surface area contributed by atoms with Gasteiger partial charge in [0.2, 0.25) is 5.09 Å². The molecule has 1 saturated heterocycles. The van der Waals surface area contributed by atoms with Crippen LogP contribution in [0, 0.1) is 17.2 Å². The summed E-state index contributed by atoms with van der Waals surface area (Å²) in [4.78, 5) is 25.8. The van der Waals surface area contributed by atoms with Gasteiger partial charge in [0.1, 0.15) is 11.8 Å². The van der Waals surface area contributed by atoms with Crippen LogP contribution < -0.4 is 10.5 Å². The molecule has 0 bridgehead atoms. The van der Waals surface area contributed by atoms with Gasteiger partial charge in [0.15, 0.2) is 11.9 Å². The van der Waals surface area contributed by atoms with Gasteiger partial charge in [-0.2, -0.15) is 9.57 Å². The molecule has 0 aliphatic carbocycles. The maximum Gasteiger partial charge on any atom is 0.284 e. The fraction of sp³-hybridized carbons (Fsp3) is 0.381. The average molecular weight is 461 g/mol. The fourth-order valence-electron chi connectivity index (χ4n) is 3.32. The van der Waals surface area contributed by atoms with Gasteiger partial charge in [0, 0.05) is 26.2 Å². The number of nitrogens with zero attached hydrogens (tertiary/aromatic N) is 3. The van der Waals surface area contributed by atoms with Crippen molar-refractivity contribution in [2.24, 2.45) is 11.7 Å². The molecule has 2 N–H and O–H groups in total. The molecule has 1 aromatic heterocycles. The molecule has 1 fully saturated rings. The van der Waals surface area contributed by atoms with Gasteiger partial charge in [-0.25, -0.2) is 8.42 Å². The first-order valence-electron chi connectivity index (χ1n) is 9.99. The Kier molecular flexibility index (Phi) is 6.86. The highest BCUT2D eigenvalue weighted by atomic mass is 32.2. The quantitative estimate of drug-likeness (QED) is 0.652. The number of piperazine rings is 1. The number of carbonyl (C=O) groups excluding carboxylic acids is 2. The topological polar surface area (TPSA) is 147 Å². The molecule has 1 unspecified atom stereocenters. The third-order valence-corrected chi connectivity index (χ3v) is 6.85. The maximum atomic E-state index is 13.1. The van der Waals surface area contributed by atoms with Crippen LogP contribution in [0.25, 0.3) is 0 Å². The molecule has 1 aliphatic heterocycles. The molecule has 1 atom stereocenters. The van der Waals surface area contributed by atoms with Gasteiger partial charge < -0.3 is 19.8 Å². The second-order valence-corrected chi connectivity index (χ2v) is 9.47. The van der Waals surface area contributed by atoms with E-state index < -0.39 is 22.0 Å². The summed E-state index contributed by atoms with van der Waals surface area (Å²) >= 11 is 0. The van der Waals surface area contributed by atoms with E-state index in [0.29, 0.717) is 11.3 Å². The fourth-order valence-corrected chi connectivity index (χ4v) is 4.65. The van der Waals surface area contributed by atoms with Crippen LogP contribution in [0.15, 0.2) is 45.9 Å². The van der Waals surface area contributed by atoms with E-state index in [1.807, 2.05) is 19.9 Å². The Labute approximate surface area is 186 Å². The minimum Gasteiger partial charge on any atom is -0.479 e. The number of sulfonamides is 1. The molecule has 11 heteroatoms. The largest absolute Gasteiger partial charge is 0.479 e. The number of benzene rings is 1. The Balaban J connectivity index is 1.69. The Hall–Kier alpha value is -3.36. The summed E-state index contributed by atoms with van der Waals surface area (Å²) in [6.45, 7) is 4.11. The highest BCUT2D eigenvalue weighted by molar-refractivity contribution is 7.89. The highest BCUT2D eigenvalue weighted by Gasteiger charge is 2.36. The molecule has 170 valence electrons. The van der Waals surface area contributed by atoms with Crippen molar-refractivity contribution >= 4 is 21.8 Å². The van der Waals surface area contributed by atoms with Crippen LogP contribution in [-0.2, 0) is 14.8 Å². The van der Waals surface area contributed by atoms with Crippen molar-refractivity contribution in [3.05, 3.63) is 47.7 Å². The van der Waals surface area contributed by atoms with E-state index >= 15 is 0 Å². The van der Waals surface area contributed by atoms with E-state index in [-0.39, 0.29) is 48.9 Å². The Bertz CT molecular complexity index is 1140. The first-order chi connectivity index (χ1) is 15.1. The smallest absolute Gasteiger partial charge is 0.284 e. The van der Waals surface area contributed by atoms with Crippen molar-refractivity contribution in [2.75, 3.05) is 26.2 Å². The Morgan fingerprint density at radius 1 is 1.12 bits per heavy atom. The predicted octanol–water partition coefficient (Wildman–Crippen LogP) is 1.19. The molecule has 3 rings (SSSR count). The first kappa shape index (κ1) is 23.3. The molecular formula is C21H24N4O6S. The Morgan fingerprint density at radius 3 is 2.34 bits per heavy atom. The van der Waals surface area contributed by atoms with Crippen LogP contribution >= 0.6 is 0 Å². The lowest BCUT2D eigenvalue weighted by Gasteiger charge is -2.36. The zero-order chi connectivity index (χ0) is 23.5. The van der Waals surface area contributed by atoms with E-state index in [4.69, 9.17) is 14.9 Å². The second-order valence-electron chi connectivity index (χ2n) is 7.60. The zero-order valence-corrected chi connectivity index (χ0v) is 18.5. The van der Waals surface area contributed by atoms with Crippen molar-refractivity contribution in [2.45, 2.75) is 25.0 Å². The standard InChI is InChI=1S/C21H24N4O6S/c1-14(2)19(31-16-6-4-3-5-15(16)13-22)21(27)24-9-11-25(12-10-24)32(28,29)18-8-7-17(30-18)20(23)26/h3-8,14,19H,9-12H2,1-2H3,(H2,23,26). The number of amides is 2. The number of hydrogen-bond donors (Lipinski definition) is 1. The number of nitriles is 1. The van der Waals surface area contributed by atoms with E-state index in [2.05, 4.69) is 0 Å². The molecule has 1 aromatic carbocycles. The monoisotopic (exact) mass is 460 g/mol. The number of ether oxygens (including phenoxy) is 1. The van der Waals surface area contributed by atoms with Gasteiger partial charge in [-0.05, 0) is 30.2 Å². The third-order valence-electron chi connectivity index (χ3n) is 5.08. The summed E-state index contributed by atoms with van der Waals surface area (Å²) in [6, 6.07) is 11.1. The van der Waals surface area contributed by atoms with Crippen LogP contribution in [0.5, 0.6) is 5.75 Å². The van der Waals surface area contributed by atoms with Crippen LogP contribution in [0.4, 0.5) is 0 Å². The van der Waals surface area contributed by atoms with Crippen molar-refractivity contribution in [3.63, 3.8) is 0 Å². The first-order valence-corrected chi connectivity index (χ1v) is 11.4. The number of rotatable bonds is 7. The van der Waals surface area contributed by atoms with Crippen LogP contribution in [0.3, 0.4) is 0 Å². The molecule has 10 nitrogen and oxygen atoms in total. The molecule has 2 aromatic rings. The van der Waals surface area contributed by atoms with Gasteiger partial charge in [-0.15, -0.1) is 0 Å². The van der Waals surface area contributed by atoms with Gasteiger partial charge in [-0.3, -0.25) is 9.59 Å². The minimum atomic E-state index is -3.96. The van der Waals surface area contributed by atoms with E-state index in [9.17, 15) is 23.3 Å². The molecule has 0 spiro atoms. The van der Waals surface area contributed by atoms with Gasteiger partial charge in [0.05, 0.1) is 5.56 Å². The van der Waals surface area contributed by atoms with Gasteiger partial charge in [0.25, 0.3) is 21.8 Å². The summed E-state index contributed by atoms with van der Waals surface area (Å²) < 4.78 is 37.7. The molecule has 2 amide bonds. The van der Waals surface area contributed by atoms with Crippen LogP contribution in [-0.4, -0.2) is 61.7 Å². The molecular weight excluding hydrogens is 436 g/mol. The average Bonchev–Trinajstić information content (AvgIpc) is 3.29. The molecule has 32 heavy (non-hydrogen) atoms. The molecule has 0 radical (unpaired) electrons. The summed E-state index contributed by atoms with van der Waals surface area (Å²) in [6.07, 6.45) is -0.823. The number of nitrogens with two attached hydrogens (primary N) is 1. The number of para-hydroxylation sites is 1. The van der Waals surface area contributed by atoms with E-state index in [0.717, 1.165) is 0 Å². The van der Waals surface area contributed by atoms with Gasteiger partial charge >= 0.3 is 0 Å². The highest BCUT2D eigenvalue weighted by Crippen LogP contribution is 2.24. The number of carbonyl (C=O) groups is 2. The van der Waals surface area contributed by atoms with Gasteiger partial charge in [-0.1, -0.05) is 26.0 Å². The summed E-state index contributed by atoms with van der Waals surface area (Å²) in [5.41, 5.74) is 5.44. The molecule has 0 saturated carbocycles. The predicted molar refractivity (Wildman–Crippen MR) is 113 cm³/mol. The van der Waals surface area contributed by atoms with E-state index in [1.165, 1.54) is 16.4 Å². The molecule has 1 aliphatic rings. The third kappa shape index (κ3) is 4.76. The normalized spacial score (nSPS) is 15.9. The SMILES string of the molecule is CC(C)C(Oc1ccccc1C#N)C(=O)N1CCN(S(=O)(=O)c2ccc(C(N)=O)o2)CC1. The van der Waals surface area contributed by atoms with E-state index in [1.54, 1.807) is 29.2 Å². The lowest BCUT2D eigenvalue weighted by molar-refractivity contribution is -0.141. The van der Waals surface area contributed by atoms with Crippen LogP contribution in [0.1, 0.15) is 30.0 Å². The number of primary amides is 1. The second kappa shape index (κ2) is 9.42. The van der Waals surface area contributed by atoms with Crippen LogP contribution in [0.2, 0.25) is 0 Å². The van der Waals surface area contributed by atoms with Crippen molar-refractivity contribution < 1.29 is 27.2 Å². The lowest BCUT2D eigenvalue weighted by Crippen LogP contribution is -2.54. The lowest BCUT2D eigenvalue weighted by atomic mass is 10.1. The van der Waals surface area contributed by atoms with Crippen molar-refractivity contribution in [3.8, 4) is 11.8 Å². The van der Waals surface area contributed by atoms with Crippen molar-refractivity contribution in [1.82, 2.24) is 9.21 Å².